The lowest BCUT2D eigenvalue weighted by Gasteiger charge is -2.13. The van der Waals surface area contributed by atoms with Gasteiger partial charge in [0.1, 0.15) is 6.10 Å². The molecule has 0 aromatic rings. The molecule has 1 rings (SSSR count). The highest BCUT2D eigenvalue weighted by Gasteiger charge is 2.22. The van der Waals surface area contributed by atoms with E-state index in [4.69, 9.17) is 14.6 Å². The van der Waals surface area contributed by atoms with Crippen molar-refractivity contribution < 1.29 is 19.4 Å². The molecule has 0 unspecified atom stereocenters. The first kappa shape index (κ1) is 11.0. The van der Waals surface area contributed by atoms with E-state index in [-0.39, 0.29) is 24.7 Å². The van der Waals surface area contributed by atoms with Gasteiger partial charge in [0.15, 0.2) is 0 Å². The fraction of sp³-hybridized carbons (Fsp3) is 0.700. The van der Waals surface area contributed by atoms with E-state index in [0.29, 0.717) is 6.42 Å². The van der Waals surface area contributed by atoms with Gasteiger partial charge in [-0.25, -0.2) is 4.79 Å². The van der Waals surface area contributed by atoms with Crippen LogP contribution in [0.4, 0.5) is 4.79 Å². The molecule has 0 heterocycles. The molecule has 4 heteroatoms. The van der Waals surface area contributed by atoms with E-state index in [1.165, 1.54) is 0 Å². The smallest absolute Gasteiger partial charge is 0.432 e. The number of ether oxygens (including phenoxy) is 2. The lowest BCUT2D eigenvalue weighted by molar-refractivity contribution is 0.0161. The summed E-state index contributed by atoms with van der Waals surface area (Å²) in [5.41, 5.74) is 0. The van der Waals surface area contributed by atoms with Gasteiger partial charge in [0.2, 0.25) is 0 Å². The van der Waals surface area contributed by atoms with Crippen molar-refractivity contribution >= 4 is 6.16 Å². The highest BCUT2D eigenvalue weighted by atomic mass is 16.7. The summed E-state index contributed by atoms with van der Waals surface area (Å²) in [5, 5.41) is 8.84. The van der Waals surface area contributed by atoms with Crippen LogP contribution in [0.15, 0.2) is 12.2 Å². The average molecular weight is 200 g/mol. The van der Waals surface area contributed by atoms with Crippen molar-refractivity contribution in [1.82, 2.24) is 0 Å². The van der Waals surface area contributed by atoms with Crippen molar-refractivity contribution in [2.75, 3.05) is 6.61 Å². The topological polar surface area (TPSA) is 55.8 Å². The van der Waals surface area contributed by atoms with Crippen LogP contribution in [-0.4, -0.2) is 30.1 Å². The van der Waals surface area contributed by atoms with Crippen molar-refractivity contribution in [3.8, 4) is 0 Å². The van der Waals surface area contributed by atoms with Gasteiger partial charge < -0.3 is 14.6 Å². The fourth-order valence-corrected chi connectivity index (χ4v) is 1.30. The van der Waals surface area contributed by atoms with Crippen LogP contribution in [-0.2, 0) is 9.47 Å². The lowest BCUT2D eigenvalue weighted by atomic mass is 10.1. The largest absolute Gasteiger partial charge is 0.509 e. The Labute approximate surface area is 83.5 Å². The van der Waals surface area contributed by atoms with Crippen LogP contribution in [0, 0.1) is 5.92 Å². The van der Waals surface area contributed by atoms with E-state index >= 15 is 0 Å². The molecule has 0 aromatic heterocycles. The zero-order chi connectivity index (χ0) is 10.6. The van der Waals surface area contributed by atoms with Crippen LogP contribution in [0.3, 0.4) is 0 Å². The van der Waals surface area contributed by atoms with E-state index < -0.39 is 6.16 Å². The Kier molecular flexibility index (Phi) is 3.95. The van der Waals surface area contributed by atoms with Gasteiger partial charge in [-0.3, -0.25) is 0 Å². The van der Waals surface area contributed by atoms with Crippen LogP contribution >= 0.6 is 0 Å². The molecular formula is C10H16O4. The fourth-order valence-electron chi connectivity index (χ4n) is 1.30. The number of carbonyl (C=O) groups excluding carboxylic acids is 1. The molecule has 0 radical (unpaired) electrons. The first-order chi connectivity index (χ1) is 6.61. The zero-order valence-corrected chi connectivity index (χ0v) is 8.47. The molecule has 1 aliphatic rings. The molecule has 1 aliphatic carbocycles. The number of aliphatic hydroxyl groups is 1. The molecule has 14 heavy (non-hydrogen) atoms. The second-order valence-electron chi connectivity index (χ2n) is 3.64. The Morgan fingerprint density at radius 2 is 2.29 bits per heavy atom. The molecular weight excluding hydrogens is 184 g/mol. The minimum Gasteiger partial charge on any atom is -0.432 e. The average Bonchev–Trinajstić information content (AvgIpc) is 2.50. The highest BCUT2D eigenvalue weighted by molar-refractivity contribution is 5.60. The molecule has 1 N–H and O–H groups in total. The molecule has 0 saturated carbocycles. The normalized spacial score (nSPS) is 25.4. The summed E-state index contributed by atoms with van der Waals surface area (Å²) in [6, 6.07) is 0. The molecule has 0 amide bonds. The minimum absolute atomic E-state index is 0.0928. The molecule has 0 spiro atoms. The van der Waals surface area contributed by atoms with Crippen LogP contribution < -0.4 is 0 Å². The molecule has 0 saturated heterocycles. The van der Waals surface area contributed by atoms with Crippen molar-refractivity contribution in [1.29, 1.82) is 0 Å². The summed E-state index contributed by atoms with van der Waals surface area (Å²) in [4.78, 5) is 11.1. The second kappa shape index (κ2) is 5.00. The van der Waals surface area contributed by atoms with Gasteiger partial charge in [0.25, 0.3) is 0 Å². The van der Waals surface area contributed by atoms with Crippen molar-refractivity contribution in [2.45, 2.75) is 32.5 Å². The lowest BCUT2D eigenvalue weighted by Crippen LogP contribution is -2.19. The van der Waals surface area contributed by atoms with Crippen molar-refractivity contribution in [2.24, 2.45) is 5.92 Å². The molecule has 0 fully saturated rings. The standard InChI is InChI=1S/C10H16O4/c1-7(2)13-10(12)14-9-4-3-8(5-9)6-11/h3-4,7-9,11H,5-6H2,1-2H3/t8-,9-/m1/s1. The first-order valence-electron chi connectivity index (χ1n) is 4.78. The van der Waals surface area contributed by atoms with Gasteiger partial charge in [0.05, 0.1) is 6.10 Å². The van der Waals surface area contributed by atoms with Gasteiger partial charge >= 0.3 is 6.16 Å². The highest BCUT2D eigenvalue weighted by Crippen LogP contribution is 2.20. The Bertz CT molecular complexity index is 222. The summed E-state index contributed by atoms with van der Waals surface area (Å²) >= 11 is 0. The number of carbonyl (C=O) groups is 1. The molecule has 0 aliphatic heterocycles. The van der Waals surface area contributed by atoms with E-state index in [0.717, 1.165) is 0 Å². The van der Waals surface area contributed by atoms with Crippen molar-refractivity contribution in [3.05, 3.63) is 12.2 Å². The molecule has 0 aromatic carbocycles. The molecule has 80 valence electrons. The third-order valence-corrected chi connectivity index (χ3v) is 1.95. The van der Waals surface area contributed by atoms with Crippen molar-refractivity contribution in [3.63, 3.8) is 0 Å². The molecule has 0 bridgehead atoms. The number of rotatable bonds is 3. The monoisotopic (exact) mass is 200 g/mol. The van der Waals surface area contributed by atoms with E-state index in [9.17, 15) is 4.79 Å². The van der Waals surface area contributed by atoms with E-state index in [2.05, 4.69) is 0 Å². The van der Waals surface area contributed by atoms with Crippen LogP contribution in [0.25, 0.3) is 0 Å². The molecule has 4 nitrogen and oxygen atoms in total. The summed E-state index contributed by atoms with van der Waals surface area (Å²) in [5.74, 6) is 0.104. The third kappa shape index (κ3) is 3.38. The number of hydrogen-bond donors (Lipinski definition) is 1. The van der Waals surface area contributed by atoms with Crippen LogP contribution in [0.2, 0.25) is 0 Å². The maximum atomic E-state index is 11.1. The maximum Gasteiger partial charge on any atom is 0.509 e. The number of hydrogen-bond acceptors (Lipinski definition) is 4. The van der Waals surface area contributed by atoms with Gasteiger partial charge in [-0.15, -0.1) is 0 Å². The summed E-state index contributed by atoms with van der Waals surface area (Å²) in [6.45, 7) is 3.63. The van der Waals surface area contributed by atoms with Crippen LogP contribution in [0.5, 0.6) is 0 Å². The predicted octanol–water partition coefficient (Wildman–Crippen LogP) is 1.48. The van der Waals surface area contributed by atoms with Gasteiger partial charge in [-0.2, -0.15) is 0 Å². The predicted molar refractivity (Wildman–Crippen MR) is 50.8 cm³/mol. The van der Waals surface area contributed by atoms with Gasteiger partial charge in [-0.1, -0.05) is 6.08 Å². The SMILES string of the molecule is CC(C)OC(=O)O[C@@H]1C=C[C@@H](CO)C1. The Hall–Kier alpha value is -1.03. The Morgan fingerprint density at radius 3 is 2.79 bits per heavy atom. The third-order valence-electron chi connectivity index (χ3n) is 1.95. The molecule has 2 atom stereocenters. The maximum absolute atomic E-state index is 11.1. The first-order valence-corrected chi connectivity index (χ1v) is 4.78. The van der Waals surface area contributed by atoms with E-state index in [1.807, 2.05) is 6.08 Å². The summed E-state index contributed by atoms with van der Waals surface area (Å²) < 4.78 is 9.82. The Balaban J connectivity index is 2.26. The minimum atomic E-state index is -0.645. The quantitative estimate of drug-likeness (QED) is 0.554. The number of aliphatic hydroxyl groups excluding tert-OH is 1. The zero-order valence-electron chi connectivity index (χ0n) is 8.47. The van der Waals surface area contributed by atoms with E-state index in [1.54, 1.807) is 19.9 Å². The van der Waals surface area contributed by atoms with Crippen LogP contribution in [0.1, 0.15) is 20.3 Å². The summed E-state index contributed by atoms with van der Waals surface area (Å²) in [7, 11) is 0. The van der Waals surface area contributed by atoms with Gasteiger partial charge in [-0.05, 0) is 26.3 Å². The Morgan fingerprint density at radius 1 is 1.57 bits per heavy atom. The summed E-state index contributed by atoms with van der Waals surface area (Å²) in [6.07, 6.45) is 3.22. The van der Waals surface area contributed by atoms with Gasteiger partial charge in [0, 0.05) is 12.5 Å². The second-order valence-corrected chi connectivity index (χ2v) is 3.64.